The molecule has 0 atom stereocenters. The van der Waals surface area contributed by atoms with Gasteiger partial charge in [0.15, 0.2) is 0 Å². The van der Waals surface area contributed by atoms with Gasteiger partial charge >= 0.3 is 0 Å². The van der Waals surface area contributed by atoms with Crippen molar-refractivity contribution in [3.63, 3.8) is 0 Å². The first kappa shape index (κ1) is 21.0. The molecule has 1 aromatic carbocycles. The normalized spacial score (nSPS) is 10.6. The number of carbonyl (C=O) groups is 2. The van der Waals surface area contributed by atoms with E-state index in [1.807, 2.05) is 13.8 Å². The van der Waals surface area contributed by atoms with Gasteiger partial charge in [0.1, 0.15) is 5.75 Å². The van der Waals surface area contributed by atoms with E-state index in [1.54, 1.807) is 46.9 Å². The highest BCUT2D eigenvalue weighted by atomic mass is 32.1. The Morgan fingerprint density at radius 3 is 2.59 bits per heavy atom. The summed E-state index contributed by atoms with van der Waals surface area (Å²) in [6, 6.07) is 11.0. The minimum absolute atomic E-state index is 0.0557. The lowest BCUT2D eigenvalue weighted by atomic mass is 10.2. The maximum Gasteiger partial charge on any atom is 0.251 e. The summed E-state index contributed by atoms with van der Waals surface area (Å²) in [4.78, 5) is 30.9. The van der Waals surface area contributed by atoms with Crippen LogP contribution in [-0.2, 0) is 11.2 Å². The summed E-state index contributed by atoms with van der Waals surface area (Å²) in [7, 11) is 0. The van der Waals surface area contributed by atoms with Crippen molar-refractivity contribution in [2.45, 2.75) is 20.3 Å². The van der Waals surface area contributed by atoms with Gasteiger partial charge in [-0.1, -0.05) is 0 Å². The number of aryl methyl sites for hydroxylation is 1. The Kier molecular flexibility index (Phi) is 7.37. The summed E-state index contributed by atoms with van der Waals surface area (Å²) in [5.41, 5.74) is 1.49. The fourth-order valence-corrected chi connectivity index (χ4v) is 4.30. The van der Waals surface area contributed by atoms with Crippen molar-refractivity contribution < 1.29 is 14.3 Å². The monoisotopic (exact) mass is 429 g/mol. The zero-order valence-corrected chi connectivity index (χ0v) is 18.0. The Morgan fingerprint density at radius 2 is 1.90 bits per heavy atom. The molecule has 0 spiro atoms. The Balaban J connectivity index is 1.39. The number of carbonyl (C=O) groups excluding carboxylic acids is 2. The van der Waals surface area contributed by atoms with E-state index in [4.69, 9.17) is 4.74 Å². The lowest BCUT2D eigenvalue weighted by Crippen LogP contribution is -2.37. The molecule has 3 aromatic rings. The lowest BCUT2D eigenvalue weighted by molar-refractivity contribution is -0.120. The number of aromatic nitrogens is 1. The Bertz CT molecular complexity index is 964. The average molecular weight is 430 g/mol. The van der Waals surface area contributed by atoms with Crippen LogP contribution < -0.4 is 15.4 Å². The minimum Gasteiger partial charge on any atom is -0.494 e. The van der Waals surface area contributed by atoms with E-state index in [0.717, 1.165) is 22.0 Å². The molecule has 152 valence electrons. The topological polar surface area (TPSA) is 80.3 Å². The molecule has 0 saturated heterocycles. The molecule has 0 aliphatic heterocycles. The highest BCUT2D eigenvalue weighted by Gasteiger charge is 2.09. The van der Waals surface area contributed by atoms with E-state index >= 15 is 0 Å². The zero-order chi connectivity index (χ0) is 20.6. The van der Waals surface area contributed by atoms with Crippen LogP contribution >= 0.6 is 22.7 Å². The predicted octanol–water partition coefficient (Wildman–Crippen LogP) is 3.67. The predicted molar refractivity (Wildman–Crippen MR) is 117 cm³/mol. The fraction of sp³-hybridized carbons (Fsp3) is 0.286. The van der Waals surface area contributed by atoms with Gasteiger partial charge in [0.2, 0.25) is 5.91 Å². The molecule has 2 aromatic heterocycles. The maximum absolute atomic E-state index is 12.1. The van der Waals surface area contributed by atoms with Crippen LogP contribution in [0, 0.1) is 6.92 Å². The lowest BCUT2D eigenvalue weighted by Gasteiger charge is -2.07. The number of thiazole rings is 1. The number of hydrogen-bond donors (Lipinski definition) is 2. The molecule has 2 heterocycles. The Labute approximate surface area is 178 Å². The highest BCUT2D eigenvalue weighted by Crippen LogP contribution is 2.29. The Hall–Kier alpha value is -2.71. The SMILES string of the molecule is CCOc1ccc(C(=O)NCC(=O)NCCc2ccc(-c3csc(C)n3)s2)cc1. The van der Waals surface area contributed by atoms with Gasteiger partial charge in [-0.2, -0.15) is 0 Å². The number of nitrogens with one attached hydrogen (secondary N) is 2. The molecule has 0 radical (unpaired) electrons. The van der Waals surface area contributed by atoms with Gasteiger partial charge in [-0.15, -0.1) is 22.7 Å². The van der Waals surface area contributed by atoms with Crippen molar-refractivity contribution in [2.75, 3.05) is 19.7 Å². The standard InChI is InChI=1S/C21H23N3O3S2/c1-3-27-16-6-4-15(5-7-16)21(26)23-12-20(25)22-11-10-17-8-9-19(29-17)18-13-28-14(2)24-18/h4-9,13H,3,10-12H2,1-2H3,(H,22,25)(H,23,26). The minimum atomic E-state index is -0.287. The van der Waals surface area contributed by atoms with Gasteiger partial charge in [-0.05, 0) is 56.7 Å². The molecule has 3 rings (SSSR count). The van der Waals surface area contributed by atoms with Crippen LogP contribution in [0.2, 0.25) is 0 Å². The summed E-state index contributed by atoms with van der Waals surface area (Å²) < 4.78 is 5.35. The molecule has 0 aliphatic carbocycles. The van der Waals surface area contributed by atoms with E-state index in [1.165, 1.54) is 4.88 Å². The fourth-order valence-electron chi connectivity index (χ4n) is 2.65. The van der Waals surface area contributed by atoms with Crippen LogP contribution in [0.4, 0.5) is 0 Å². The van der Waals surface area contributed by atoms with Crippen molar-refractivity contribution in [3.8, 4) is 16.3 Å². The molecular weight excluding hydrogens is 406 g/mol. The summed E-state index contributed by atoms with van der Waals surface area (Å²) in [5.74, 6) is 0.212. The first-order valence-electron chi connectivity index (χ1n) is 9.34. The number of ether oxygens (including phenoxy) is 1. The van der Waals surface area contributed by atoms with Crippen LogP contribution in [0.3, 0.4) is 0 Å². The molecule has 2 N–H and O–H groups in total. The quantitative estimate of drug-likeness (QED) is 0.544. The number of nitrogens with zero attached hydrogens (tertiary/aromatic N) is 1. The summed E-state index contributed by atoms with van der Waals surface area (Å²) in [5, 5.41) is 8.57. The molecule has 0 saturated carbocycles. The van der Waals surface area contributed by atoms with Gasteiger partial charge in [0.25, 0.3) is 5.91 Å². The number of rotatable bonds is 9. The van der Waals surface area contributed by atoms with Crippen LogP contribution in [0.15, 0.2) is 41.8 Å². The van der Waals surface area contributed by atoms with E-state index < -0.39 is 0 Å². The third-order valence-electron chi connectivity index (χ3n) is 4.06. The number of amides is 2. The third kappa shape index (κ3) is 6.13. The number of benzene rings is 1. The van der Waals surface area contributed by atoms with E-state index in [2.05, 4.69) is 33.1 Å². The van der Waals surface area contributed by atoms with Crippen LogP contribution in [-0.4, -0.2) is 36.5 Å². The van der Waals surface area contributed by atoms with Crippen molar-refractivity contribution >= 4 is 34.5 Å². The van der Waals surface area contributed by atoms with Gasteiger partial charge in [0.05, 0.1) is 28.7 Å². The molecule has 0 unspecified atom stereocenters. The Morgan fingerprint density at radius 1 is 1.10 bits per heavy atom. The molecule has 0 aliphatic rings. The summed E-state index contributed by atoms with van der Waals surface area (Å²) in [6.45, 7) is 4.93. The summed E-state index contributed by atoms with van der Waals surface area (Å²) in [6.07, 6.45) is 0.742. The van der Waals surface area contributed by atoms with Gasteiger partial charge in [0, 0.05) is 22.4 Å². The third-order valence-corrected chi connectivity index (χ3v) is 6.00. The maximum atomic E-state index is 12.1. The van der Waals surface area contributed by atoms with Gasteiger partial charge in [-0.25, -0.2) is 4.98 Å². The van der Waals surface area contributed by atoms with E-state index in [-0.39, 0.29) is 18.4 Å². The van der Waals surface area contributed by atoms with Crippen molar-refractivity contribution in [1.29, 1.82) is 0 Å². The molecule has 2 amide bonds. The molecule has 29 heavy (non-hydrogen) atoms. The first-order valence-corrected chi connectivity index (χ1v) is 11.0. The van der Waals surface area contributed by atoms with Crippen molar-refractivity contribution in [1.82, 2.24) is 15.6 Å². The summed E-state index contributed by atoms with van der Waals surface area (Å²) >= 11 is 3.32. The van der Waals surface area contributed by atoms with E-state index in [9.17, 15) is 9.59 Å². The molecule has 6 nitrogen and oxygen atoms in total. The molecule has 0 fully saturated rings. The second-order valence-electron chi connectivity index (χ2n) is 6.26. The highest BCUT2D eigenvalue weighted by molar-refractivity contribution is 7.16. The van der Waals surface area contributed by atoms with Gasteiger partial charge in [-0.3, -0.25) is 9.59 Å². The average Bonchev–Trinajstić information content (AvgIpc) is 3.36. The van der Waals surface area contributed by atoms with Crippen LogP contribution in [0.5, 0.6) is 5.75 Å². The molecule has 8 heteroatoms. The smallest absolute Gasteiger partial charge is 0.251 e. The number of hydrogen-bond acceptors (Lipinski definition) is 6. The second-order valence-corrected chi connectivity index (χ2v) is 8.49. The van der Waals surface area contributed by atoms with Crippen LogP contribution in [0.1, 0.15) is 27.2 Å². The largest absolute Gasteiger partial charge is 0.494 e. The van der Waals surface area contributed by atoms with Crippen molar-refractivity contribution in [2.24, 2.45) is 0 Å². The van der Waals surface area contributed by atoms with E-state index in [0.29, 0.717) is 24.5 Å². The molecular formula is C21H23N3O3S2. The number of thiophene rings is 1. The van der Waals surface area contributed by atoms with Gasteiger partial charge < -0.3 is 15.4 Å². The second kappa shape index (κ2) is 10.2. The zero-order valence-electron chi connectivity index (χ0n) is 16.4. The first-order chi connectivity index (χ1) is 14.0. The molecule has 0 bridgehead atoms. The van der Waals surface area contributed by atoms with Crippen molar-refractivity contribution in [3.05, 3.63) is 57.2 Å². The van der Waals surface area contributed by atoms with Crippen LogP contribution in [0.25, 0.3) is 10.6 Å².